The van der Waals surface area contributed by atoms with Gasteiger partial charge in [-0.15, -0.1) is 0 Å². The van der Waals surface area contributed by atoms with Crippen molar-refractivity contribution in [3.05, 3.63) is 22.7 Å². The van der Waals surface area contributed by atoms with Crippen LogP contribution in [0.3, 0.4) is 0 Å². The van der Waals surface area contributed by atoms with Gasteiger partial charge in [-0.1, -0.05) is 0 Å². The third-order valence-electron chi connectivity index (χ3n) is 2.19. The van der Waals surface area contributed by atoms with Crippen molar-refractivity contribution >= 4 is 27.0 Å². The first-order valence-electron chi connectivity index (χ1n) is 4.40. The summed E-state index contributed by atoms with van der Waals surface area (Å²) in [7, 11) is 1.56. The molecule has 2 aromatic heterocycles. The van der Waals surface area contributed by atoms with Crippen LogP contribution in [-0.2, 0) is 13.5 Å². The summed E-state index contributed by atoms with van der Waals surface area (Å²) in [4.78, 5) is 7.82. The molecule has 2 heterocycles. The van der Waals surface area contributed by atoms with Crippen LogP contribution in [0.25, 0.3) is 11.0 Å². The smallest absolute Gasteiger partial charge is 0.331 e. The molecule has 7 heteroatoms. The third kappa shape index (κ3) is 2.18. The molecule has 0 aromatic carbocycles. The fourth-order valence-electron chi connectivity index (χ4n) is 1.46. The molecular weight excluding hydrogens is 287 g/mol. The van der Waals surface area contributed by atoms with E-state index in [1.54, 1.807) is 13.1 Å². The standard InChI is InChI=1S/C9H7BrF3N3/c1-16-6-2-7(10)14-4-5(6)15-8(16)3-9(11,12)13/h2,4H,3H2,1H3. The molecule has 0 atom stereocenters. The van der Waals surface area contributed by atoms with Gasteiger partial charge in [0.05, 0.1) is 11.7 Å². The molecule has 0 N–H and O–H groups in total. The van der Waals surface area contributed by atoms with Gasteiger partial charge in [0.2, 0.25) is 0 Å². The minimum absolute atomic E-state index is 0.0117. The lowest BCUT2D eigenvalue weighted by Gasteiger charge is -2.05. The highest BCUT2D eigenvalue weighted by Crippen LogP contribution is 2.24. The molecule has 0 aliphatic heterocycles. The van der Waals surface area contributed by atoms with Gasteiger partial charge in [0.15, 0.2) is 0 Å². The van der Waals surface area contributed by atoms with E-state index in [9.17, 15) is 13.2 Å². The molecule has 0 aliphatic rings. The fourth-order valence-corrected chi connectivity index (χ4v) is 1.78. The Hall–Kier alpha value is -1.11. The van der Waals surface area contributed by atoms with E-state index in [-0.39, 0.29) is 5.82 Å². The maximum atomic E-state index is 12.3. The molecule has 0 spiro atoms. The number of nitrogens with zero attached hydrogens (tertiary/aromatic N) is 3. The first-order valence-corrected chi connectivity index (χ1v) is 5.20. The lowest BCUT2D eigenvalue weighted by Crippen LogP contribution is -2.15. The van der Waals surface area contributed by atoms with Crippen molar-refractivity contribution in [3.63, 3.8) is 0 Å². The van der Waals surface area contributed by atoms with Crippen LogP contribution >= 0.6 is 15.9 Å². The summed E-state index contributed by atoms with van der Waals surface area (Å²) in [5.74, 6) is -0.0117. The summed E-state index contributed by atoms with van der Waals surface area (Å²) < 4.78 is 38.7. The normalized spacial score (nSPS) is 12.3. The second kappa shape index (κ2) is 3.73. The number of halogens is 4. The van der Waals surface area contributed by atoms with Crippen molar-refractivity contribution in [2.45, 2.75) is 12.6 Å². The van der Waals surface area contributed by atoms with Crippen LogP contribution in [0.2, 0.25) is 0 Å². The van der Waals surface area contributed by atoms with E-state index in [1.807, 2.05) is 0 Å². The van der Waals surface area contributed by atoms with Crippen LogP contribution in [0.5, 0.6) is 0 Å². The summed E-state index contributed by atoms with van der Waals surface area (Å²) in [6.45, 7) is 0. The average molecular weight is 294 g/mol. The number of pyridine rings is 1. The molecule has 0 amide bonds. The van der Waals surface area contributed by atoms with Gasteiger partial charge in [-0.05, 0) is 22.0 Å². The predicted molar refractivity (Wildman–Crippen MR) is 56.0 cm³/mol. The van der Waals surface area contributed by atoms with E-state index < -0.39 is 12.6 Å². The number of hydrogen-bond donors (Lipinski definition) is 0. The molecule has 0 radical (unpaired) electrons. The zero-order chi connectivity index (χ0) is 11.9. The monoisotopic (exact) mass is 293 g/mol. The molecule has 0 fully saturated rings. The van der Waals surface area contributed by atoms with E-state index >= 15 is 0 Å². The molecule has 16 heavy (non-hydrogen) atoms. The lowest BCUT2D eigenvalue weighted by atomic mass is 10.4. The summed E-state index contributed by atoms with van der Waals surface area (Å²) in [5.41, 5.74) is 1.09. The topological polar surface area (TPSA) is 30.7 Å². The Morgan fingerprint density at radius 3 is 2.75 bits per heavy atom. The first-order chi connectivity index (χ1) is 7.37. The number of aryl methyl sites for hydroxylation is 1. The quantitative estimate of drug-likeness (QED) is 0.757. The van der Waals surface area contributed by atoms with Crippen molar-refractivity contribution in [1.82, 2.24) is 14.5 Å². The van der Waals surface area contributed by atoms with E-state index in [2.05, 4.69) is 25.9 Å². The summed E-state index contributed by atoms with van der Waals surface area (Å²) in [6, 6.07) is 1.64. The Balaban J connectivity index is 2.52. The van der Waals surface area contributed by atoms with Gasteiger partial charge in [0.1, 0.15) is 22.4 Å². The van der Waals surface area contributed by atoms with Gasteiger partial charge in [-0.2, -0.15) is 13.2 Å². The second-order valence-corrected chi connectivity index (χ2v) is 4.19. The Kier molecular flexibility index (Phi) is 2.65. The van der Waals surface area contributed by atoms with Crippen molar-refractivity contribution in [2.24, 2.45) is 7.05 Å². The van der Waals surface area contributed by atoms with Crippen molar-refractivity contribution in [2.75, 3.05) is 0 Å². The Morgan fingerprint density at radius 1 is 1.44 bits per heavy atom. The van der Waals surface area contributed by atoms with E-state index in [0.29, 0.717) is 15.6 Å². The maximum Gasteiger partial charge on any atom is 0.396 e. The second-order valence-electron chi connectivity index (χ2n) is 3.37. The third-order valence-corrected chi connectivity index (χ3v) is 2.62. The molecule has 86 valence electrons. The molecular formula is C9H7BrF3N3. The maximum absolute atomic E-state index is 12.3. The number of aromatic nitrogens is 3. The van der Waals surface area contributed by atoms with Crippen LogP contribution in [-0.4, -0.2) is 20.7 Å². The molecule has 0 saturated heterocycles. The predicted octanol–water partition coefficient (Wildman–Crippen LogP) is 2.84. The number of fused-ring (bicyclic) bond motifs is 1. The number of hydrogen-bond acceptors (Lipinski definition) is 2. The Labute approximate surface area is 97.4 Å². The van der Waals surface area contributed by atoms with Crippen LogP contribution in [0.4, 0.5) is 13.2 Å². The highest BCUT2D eigenvalue weighted by Gasteiger charge is 2.30. The SMILES string of the molecule is Cn1c(CC(F)(F)F)nc2cnc(Br)cc21. The summed E-state index contributed by atoms with van der Waals surface area (Å²) in [6.07, 6.45) is -3.84. The van der Waals surface area contributed by atoms with Gasteiger partial charge in [-0.3, -0.25) is 0 Å². The molecule has 2 aromatic rings. The van der Waals surface area contributed by atoms with E-state index in [1.165, 1.54) is 10.8 Å². The van der Waals surface area contributed by atoms with Gasteiger partial charge >= 0.3 is 6.18 Å². The molecule has 0 bridgehead atoms. The molecule has 3 nitrogen and oxygen atoms in total. The fraction of sp³-hybridized carbons (Fsp3) is 0.333. The first kappa shape index (κ1) is 11.4. The zero-order valence-corrected chi connectivity index (χ0v) is 9.80. The van der Waals surface area contributed by atoms with Crippen LogP contribution in [0.15, 0.2) is 16.9 Å². The summed E-state index contributed by atoms with van der Waals surface area (Å²) in [5, 5.41) is 0. The van der Waals surface area contributed by atoms with Gasteiger partial charge in [-0.25, -0.2) is 9.97 Å². The number of alkyl halides is 3. The van der Waals surface area contributed by atoms with Gasteiger partial charge in [0.25, 0.3) is 0 Å². The zero-order valence-electron chi connectivity index (χ0n) is 8.22. The highest BCUT2D eigenvalue weighted by molar-refractivity contribution is 9.10. The molecule has 0 saturated carbocycles. The van der Waals surface area contributed by atoms with E-state index in [4.69, 9.17) is 0 Å². The molecule has 2 rings (SSSR count). The van der Waals surface area contributed by atoms with Crippen LogP contribution in [0.1, 0.15) is 5.82 Å². The van der Waals surface area contributed by atoms with Gasteiger partial charge < -0.3 is 4.57 Å². The Morgan fingerprint density at radius 2 is 2.12 bits per heavy atom. The molecule has 0 aliphatic carbocycles. The Bertz CT molecular complexity index is 533. The minimum atomic E-state index is -4.25. The van der Waals surface area contributed by atoms with Crippen molar-refractivity contribution in [1.29, 1.82) is 0 Å². The highest BCUT2D eigenvalue weighted by atomic mass is 79.9. The molecule has 0 unspecified atom stereocenters. The average Bonchev–Trinajstić information content (AvgIpc) is 2.42. The number of rotatable bonds is 1. The van der Waals surface area contributed by atoms with Crippen LogP contribution < -0.4 is 0 Å². The van der Waals surface area contributed by atoms with Crippen molar-refractivity contribution in [3.8, 4) is 0 Å². The summed E-state index contributed by atoms with van der Waals surface area (Å²) >= 11 is 3.16. The van der Waals surface area contributed by atoms with Crippen molar-refractivity contribution < 1.29 is 13.2 Å². The van der Waals surface area contributed by atoms with Crippen LogP contribution in [0, 0.1) is 0 Å². The minimum Gasteiger partial charge on any atom is -0.331 e. The largest absolute Gasteiger partial charge is 0.396 e. The number of imidazole rings is 1. The van der Waals surface area contributed by atoms with Gasteiger partial charge in [0, 0.05) is 7.05 Å². The van der Waals surface area contributed by atoms with E-state index in [0.717, 1.165) is 0 Å². The lowest BCUT2D eigenvalue weighted by molar-refractivity contribution is -0.128.